The SMILES string of the molecule is OC[C@@H]1O[C@H](Nc2ccccn2)[C@@H](O)[C@H](O)[C@@H]1O. The molecule has 18 heavy (non-hydrogen) atoms. The van der Waals surface area contributed by atoms with Gasteiger partial charge < -0.3 is 30.5 Å². The zero-order valence-electron chi connectivity index (χ0n) is 9.55. The topological polar surface area (TPSA) is 115 Å². The number of aliphatic hydroxyl groups excluding tert-OH is 4. The van der Waals surface area contributed by atoms with E-state index < -0.39 is 37.3 Å². The maximum atomic E-state index is 9.78. The fourth-order valence-electron chi connectivity index (χ4n) is 1.81. The summed E-state index contributed by atoms with van der Waals surface area (Å²) in [5.74, 6) is 0.460. The van der Waals surface area contributed by atoms with Gasteiger partial charge in [-0.1, -0.05) is 6.07 Å². The second kappa shape index (κ2) is 5.59. The number of aliphatic hydroxyl groups is 4. The van der Waals surface area contributed by atoms with Gasteiger partial charge in [-0.25, -0.2) is 4.98 Å². The maximum Gasteiger partial charge on any atom is 0.158 e. The predicted molar refractivity (Wildman–Crippen MR) is 61.6 cm³/mol. The molecular weight excluding hydrogens is 240 g/mol. The van der Waals surface area contributed by atoms with Gasteiger partial charge in [0.25, 0.3) is 0 Å². The average Bonchev–Trinajstić information content (AvgIpc) is 2.40. The van der Waals surface area contributed by atoms with E-state index >= 15 is 0 Å². The van der Waals surface area contributed by atoms with E-state index in [1.165, 1.54) is 0 Å². The third-order valence-electron chi connectivity index (χ3n) is 2.85. The van der Waals surface area contributed by atoms with Gasteiger partial charge in [-0.2, -0.15) is 0 Å². The Hall–Kier alpha value is -1.25. The highest BCUT2D eigenvalue weighted by Gasteiger charge is 2.43. The van der Waals surface area contributed by atoms with Crippen molar-refractivity contribution in [1.82, 2.24) is 4.98 Å². The molecule has 0 aliphatic carbocycles. The maximum absolute atomic E-state index is 9.78. The first kappa shape index (κ1) is 13.2. The number of aromatic nitrogens is 1. The van der Waals surface area contributed by atoms with Gasteiger partial charge in [0.05, 0.1) is 6.61 Å². The molecule has 5 atom stereocenters. The largest absolute Gasteiger partial charge is 0.394 e. The lowest BCUT2D eigenvalue weighted by atomic mass is 9.98. The minimum atomic E-state index is -1.39. The van der Waals surface area contributed by atoms with E-state index in [-0.39, 0.29) is 0 Å². The van der Waals surface area contributed by atoms with Crippen LogP contribution in [0.4, 0.5) is 5.82 Å². The summed E-state index contributed by atoms with van der Waals surface area (Å²) in [6.07, 6.45) is -4.37. The zero-order chi connectivity index (χ0) is 13.1. The fourth-order valence-corrected chi connectivity index (χ4v) is 1.81. The number of pyridine rings is 1. The molecule has 2 heterocycles. The van der Waals surface area contributed by atoms with Crippen molar-refractivity contribution in [3.63, 3.8) is 0 Å². The van der Waals surface area contributed by atoms with E-state index in [1.807, 2.05) is 0 Å². The van der Waals surface area contributed by atoms with Gasteiger partial charge in [0, 0.05) is 6.20 Å². The molecule has 7 nitrogen and oxygen atoms in total. The van der Waals surface area contributed by atoms with Gasteiger partial charge in [0.1, 0.15) is 30.2 Å². The summed E-state index contributed by atoms with van der Waals surface area (Å²) < 4.78 is 5.27. The normalized spacial score (nSPS) is 36.3. The van der Waals surface area contributed by atoms with Crippen molar-refractivity contribution in [1.29, 1.82) is 0 Å². The van der Waals surface area contributed by atoms with Gasteiger partial charge in [0.2, 0.25) is 0 Å². The highest BCUT2D eigenvalue weighted by molar-refractivity contribution is 5.34. The summed E-state index contributed by atoms with van der Waals surface area (Å²) >= 11 is 0. The predicted octanol–water partition coefficient (Wildman–Crippen LogP) is -1.71. The lowest BCUT2D eigenvalue weighted by Gasteiger charge is -2.40. The Labute approximate surface area is 104 Å². The van der Waals surface area contributed by atoms with Gasteiger partial charge in [-0.3, -0.25) is 0 Å². The van der Waals surface area contributed by atoms with E-state index in [2.05, 4.69) is 10.3 Å². The Morgan fingerprint density at radius 1 is 1.17 bits per heavy atom. The quantitative estimate of drug-likeness (QED) is 0.437. The Bertz CT molecular complexity index is 375. The number of nitrogens with zero attached hydrogens (tertiary/aromatic N) is 1. The molecule has 2 rings (SSSR count). The number of hydrogen-bond acceptors (Lipinski definition) is 7. The molecule has 1 aromatic heterocycles. The van der Waals surface area contributed by atoms with Crippen molar-refractivity contribution >= 4 is 5.82 Å². The van der Waals surface area contributed by atoms with Crippen LogP contribution in [-0.2, 0) is 4.74 Å². The summed E-state index contributed by atoms with van der Waals surface area (Å²) in [5.41, 5.74) is 0. The third kappa shape index (κ3) is 2.60. The number of ether oxygens (including phenoxy) is 1. The van der Waals surface area contributed by atoms with Crippen LogP contribution < -0.4 is 5.32 Å². The zero-order valence-corrected chi connectivity index (χ0v) is 9.55. The van der Waals surface area contributed by atoms with Gasteiger partial charge >= 0.3 is 0 Å². The molecule has 7 heteroatoms. The molecule has 100 valence electrons. The van der Waals surface area contributed by atoms with E-state index in [9.17, 15) is 15.3 Å². The highest BCUT2D eigenvalue weighted by Crippen LogP contribution is 2.21. The first-order valence-electron chi connectivity index (χ1n) is 5.61. The van der Waals surface area contributed by atoms with Crippen molar-refractivity contribution in [2.75, 3.05) is 11.9 Å². The Morgan fingerprint density at radius 3 is 2.56 bits per heavy atom. The summed E-state index contributed by atoms with van der Waals surface area (Å²) in [7, 11) is 0. The van der Waals surface area contributed by atoms with Crippen molar-refractivity contribution in [3.8, 4) is 0 Å². The fraction of sp³-hybridized carbons (Fsp3) is 0.545. The van der Waals surface area contributed by atoms with Crippen LogP contribution in [-0.4, -0.2) is 62.7 Å². The summed E-state index contributed by atoms with van der Waals surface area (Å²) in [5, 5.41) is 40.8. The molecule has 1 saturated heterocycles. The van der Waals surface area contributed by atoms with Crippen LogP contribution in [0.25, 0.3) is 0 Å². The van der Waals surface area contributed by atoms with E-state index in [0.717, 1.165) is 0 Å². The van der Waals surface area contributed by atoms with Crippen LogP contribution in [0.3, 0.4) is 0 Å². The first-order chi connectivity index (χ1) is 8.63. The Kier molecular flexibility index (Phi) is 4.10. The number of rotatable bonds is 3. The molecule has 0 aromatic carbocycles. The third-order valence-corrected chi connectivity index (χ3v) is 2.85. The van der Waals surface area contributed by atoms with Crippen LogP contribution in [0.2, 0.25) is 0 Å². The number of hydrogen-bond donors (Lipinski definition) is 5. The van der Waals surface area contributed by atoms with Gasteiger partial charge in [-0.15, -0.1) is 0 Å². The van der Waals surface area contributed by atoms with Crippen LogP contribution in [0.1, 0.15) is 0 Å². The number of anilines is 1. The molecule has 0 amide bonds. The molecule has 1 aliphatic rings. The minimum Gasteiger partial charge on any atom is -0.394 e. The molecule has 1 aromatic rings. The molecule has 1 fully saturated rings. The number of nitrogens with one attached hydrogen (secondary N) is 1. The second-order valence-corrected chi connectivity index (χ2v) is 4.11. The summed E-state index contributed by atoms with van der Waals surface area (Å²) in [4.78, 5) is 3.99. The Morgan fingerprint density at radius 2 is 1.94 bits per heavy atom. The van der Waals surface area contributed by atoms with Crippen molar-refractivity contribution in [2.45, 2.75) is 30.6 Å². The highest BCUT2D eigenvalue weighted by atomic mass is 16.6. The first-order valence-corrected chi connectivity index (χ1v) is 5.61. The Balaban J connectivity index is 2.08. The summed E-state index contributed by atoms with van der Waals surface area (Å²) in [6.45, 7) is -0.453. The molecule has 1 aliphatic heterocycles. The summed E-state index contributed by atoms with van der Waals surface area (Å²) in [6, 6.07) is 5.15. The molecule has 0 spiro atoms. The lowest BCUT2D eigenvalue weighted by Crippen LogP contribution is -2.60. The van der Waals surface area contributed by atoms with Crippen molar-refractivity contribution < 1.29 is 25.2 Å². The molecule has 0 unspecified atom stereocenters. The van der Waals surface area contributed by atoms with Crippen LogP contribution >= 0.6 is 0 Å². The minimum absolute atomic E-state index is 0.453. The molecule has 0 bridgehead atoms. The standard InChI is InChI=1S/C11H16N2O5/c14-5-6-8(15)9(16)10(17)11(18-6)13-7-3-1-2-4-12-7/h1-4,6,8-11,14-17H,5H2,(H,12,13)/t6-,8+,9+,10-,11-/m0/s1. The van der Waals surface area contributed by atoms with Crippen molar-refractivity contribution in [2.24, 2.45) is 0 Å². The van der Waals surface area contributed by atoms with E-state index in [0.29, 0.717) is 5.82 Å². The van der Waals surface area contributed by atoms with Gasteiger partial charge in [0.15, 0.2) is 6.23 Å². The average molecular weight is 256 g/mol. The molecule has 0 saturated carbocycles. The van der Waals surface area contributed by atoms with Gasteiger partial charge in [-0.05, 0) is 12.1 Å². The van der Waals surface area contributed by atoms with Crippen molar-refractivity contribution in [3.05, 3.63) is 24.4 Å². The second-order valence-electron chi connectivity index (χ2n) is 4.11. The molecule has 0 radical (unpaired) electrons. The monoisotopic (exact) mass is 256 g/mol. The van der Waals surface area contributed by atoms with Crippen LogP contribution in [0.5, 0.6) is 0 Å². The van der Waals surface area contributed by atoms with E-state index in [1.54, 1.807) is 24.4 Å². The molecule has 5 N–H and O–H groups in total. The smallest absolute Gasteiger partial charge is 0.158 e. The molecular formula is C11H16N2O5. The lowest BCUT2D eigenvalue weighted by molar-refractivity contribution is -0.221. The van der Waals surface area contributed by atoms with E-state index in [4.69, 9.17) is 9.84 Å². The van der Waals surface area contributed by atoms with Crippen LogP contribution in [0.15, 0.2) is 24.4 Å². The van der Waals surface area contributed by atoms with Crippen LogP contribution in [0, 0.1) is 0 Å².